The average Bonchev–Trinajstić information content (AvgIpc) is 2.81. The third-order valence-corrected chi connectivity index (χ3v) is 4.71. The van der Waals surface area contributed by atoms with Crippen molar-refractivity contribution in [2.45, 2.75) is 31.1 Å². The van der Waals surface area contributed by atoms with Gasteiger partial charge in [-0.3, -0.25) is 4.79 Å². The van der Waals surface area contributed by atoms with Crippen LogP contribution in [0.5, 0.6) is 0 Å². The van der Waals surface area contributed by atoms with Gasteiger partial charge in [0, 0.05) is 22.6 Å². The maximum absolute atomic E-state index is 11.7. The number of amides is 1. The maximum atomic E-state index is 11.7. The van der Waals surface area contributed by atoms with E-state index in [1.165, 1.54) is 4.88 Å². The monoisotopic (exact) mass is 273 g/mol. The van der Waals surface area contributed by atoms with Gasteiger partial charge in [0.15, 0.2) is 0 Å². The summed E-state index contributed by atoms with van der Waals surface area (Å²) in [6.07, 6.45) is 3.24. The molecule has 96 valence electrons. The quantitative estimate of drug-likeness (QED) is 0.798. The van der Waals surface area contributed by atoms with E-state index >= 15 is 0 Å². The molecule has 0 saturated carbocycles. The molecule has 0 radical (unpaired) electrons. The van der Waals surface area contributed by atoms with E-state index in [2.05, 4.69) is 5.32 Å². The predicted molar refractivity (Wildman–Crippen MR) is 74.6 cm³/mol. The van der Waals surface area contributed by atoms with Gasteiger partial charge in [-0.1, -0.05) is 6.07 Å². The first-order valence-corrected chi connectivity index (χ1v) is 7.79. The first-order valence-electron chi connectivity index (χ1n) is 5.62. The van der Waals surface area contributed by atoms with Gasteiger partial charge in [-0.15, -0.1) is 11.3 Å². The number of thioether (sulfide) groups is 1. The summed E-state index contributed by atoms with van der Waals surface area (Å²) in [4.78, 5) is 12.9. The zero-order valence-corrected chi connectivity index (χ0v) is 11.8. The summed E-state index contributed by atoms with van der Waals surface area (Å²) < 4.78 is 0. The van der Waals surface area contributed by atoms with Crippen molar-refractivity contribution in [3.05, 3.63) is 22.4 Å². The summed E-state index contributed by atoms with van der Waals surface area (Å²) in [7, 11) is 0. The Kier molecular flexibility index (Phi) is 6.62. The second-order valence-corrected chi connectivity index (χ2v) is 6.00. The molecule has 2 atom stereocenters. The lowest BCUT2D eigenvalue weighted by molar-refractivity contribution is -0.121. The Bertz CT molecular complexity index is 323. The van der Waals surface area contributed by atoms with Gasteiger partial charge in [-0.25, -0.2) is 0 Å². The zero-order valence-electron chi connectivity index (χ0n) is 10.2. The first kappa shape index (κ1) is 14.5. The van der Waals surface area contributed by atoms with Gasteiger partial charge < -0.3 is 10.4 Å². The highest BCUT2D eigenvalue weighted by molar-refractivity contribution is 7.99. The highest BCUT2D eigenvalue weighted by Gasteiger charge is 2.17. The highest BCUT2D eigenvalue weighted by Crippen LogP contribution is 2.12. The molecule has 1 rings (SSSR count). The molecule has 0 aliphatic carbocycles. The average molecular weight is 273 g/mol. The Labute approximate surface area is 111 Å². The molecule has 1 aromatic heterocycles. The predicted octanol–water partition coefficient (Wildman–Crippen LogP) is 1.91. The van der Waals surface area contributed by atoms with Crippen molar-refractivity contribution < 1.29 is 9.90 Å². The number of rotatable bonds is 7. The molecular weight excluding hydrogens is 254 g/mol. The van der Waals surface area contributed by atoms with Gasteiger partial charge in [-0.05, 0) is 31.0 Å². The lowest BCUT2D eigenvalue weighted by Gasteiger charge is -2.21. The summed E-state index contributed by atoms with van der Waals surface area (Å²) in [5.41, 5.74) is 0. The zero-order chi connectivity index (χ0) is 12.7. The minimum atomic E-state index is 0.00540. The van der Waals surface area contributed by atoms with Crippen LogP contribution in [-0.2, 0) is 11.2 Å². The van der Waals surface area contributed by atoms with Gasteiger partial charge >= 0.3 is 0 Å². The smallest absolute Gasteiger partial charge is 0.220 e. The number of aryl methyl sites for hydroxylation is 1. The van der Waals surface area contributed by atoms with Crippen LogP contribution in [0.25, 0.3) is 0 Å². The van der Waals surface area contributed by atoms with Crippen molar-refractivity contribution in [3.8, 4) is 0 Å². The number of thiophene rings is 1. The summed E-state index contributed by atoms with van der Waals surface area (Å²) in [6.45, 7) is 2.02. The van der Waals surface area contributed by atoms with Gasteiger partial charge in [0.2, 0.25) is 5.91 Å². The molecule has 2 unspecified atom stereocenters. The van der Waals surface area contributed by atoms with Crippen LogP contribution in [0, 0.1) is 0 Å². The molecule has 0 bridgehead atoms. The molecule has 3 nitrogen and oxygen atoms in total. The normalized spacial score (nSPS) is 14.3. The number of aliphatic hydroxyl groups excluding tert-OH is 1. The van der Waals surface area contributed by atoms with Crippen molar-refractivity contribution in [2.24, 2.45) is 0 Å². The van der Waals surface area contributed by atoms with Gasteiger partial charge in [0.25, 0.3) is 0 Å². The minimum absolute atomic E-state index is 0.00540. The topological polar surface area (TPSA) is 49.3 Å². The number of hydrogen-bond donors (Lipinski definition) is 2. The number of carbonyl (C=O) groups excluding carboxylic acids is 1. The third-order valence-electron chi connectivity index (χ3n) is 2.61. The molecule has 1 heterocycles. The van der Waals surface area contributed by atoms with Gasteiger partial charge in [0.05, 0.1) is 6.61 Å². The van der Waals surface area contributed by atoms with Crippen molar-refractivity contribution >= 4 is 29.0 Å². The SMILES string of the molecule is CSC(CO)C(C)NC(=O)CCc1cccs1. The summed E-state index contributed by atoms with van der Waals surface area (Å²) in [5.74, 6) is 0.0541. The fraction of sp³-hybridized carbons (Fsp3) is 0.583. The molecule has 2 N–H and O–H groups in total. The van der Waals surface area contributed by atoms with Crippen LogP contribution >= 0.6 is 23.1 Å². The number of carbonyl (C=O) groups is 1. The minimum Gasteiger partial charge on any atom is -0.395 e. The van der Waals surface area contributed by atoms with Crippen LogP contribution in [0.2, 0.25) is 0 Å². The van der Waals surface area contributed by atoms with Crippen LogP contribution in [0.3, 0.4) is 0 Å². The van der Waals surface area contributed by atoms with E-state index in [9.17, 15) is 4.79 Å². The number of hydrogen-bond acceptors (Lipinski definition) is 4. The molecule has 0 aromatic carbocycles. The largest absolute Gasteiger partial charge is 0.395 e. The van der Waals surface area contributed by atoms with E-state index in [0.717, 1.165) is 6.42 Å². The van der Waals surface area contributed by atoms with Crippen LogP contribution in [0.1, 0.15) is 18.2 Å². The lowest BCUT2D eigenvalue weighted by atomic mass is 10.2. The van der Waals surface area contributed by atoms with E-state index in [1.807, 2.05) is 30.7 Å². The Morgan fingerprint density at radius 1 is 1.65 bits per heavy atom. The molecule has 5 heteroatoms. The molecule has 0 fully saturated rings. The van der Waals surface area contributed by atoms with E-state index in [1.54, 1.807) is 23.1 Å². The molecule has 17 heavy (non-hydrogen) atoms. The van der Waals surface area contributed by atoms with Crippen molar-refractivity contribution in [1.29, 1.82) is 0 Å². The standard InChI is InChI=1S/C12H19NO2S2/c1-9(11(8-14)16-2)13-12(15)6-5-10-4-3-7-17-10/h3-4,7,9,11,14H,5-6,8H2,1-2H3,(H,13,15). The first-order chi connectivity index (χ1) is 8.17. The Balaban J connectivity index is 2.29. The molecule has 1 aromatic rings. The number of aliphatic hydroxyl groups is 1. The van der Waals surface area contributed by atoms with E-state index < -0.39 is 0 Å². The molecule has 1 amide bonds. The van der Waals surface area contributed by atoms with Crippen LogP contribution in [0.4, 0.5) is 0 Å². The van der Waals surface area contributed by atoms with Crippen LogP contribution < -0.4 is 5.32 Å². The third kappa shape index (κ3) is 5.10. The summed E-state index contributed by atoms with van der Waals surface area (Å²) in [6, 6.07) is 4.04. The molecule has 0 saturated heterocycles. The van der Waals surface area contributed by atoms with Gasteiger partial charge in [0.1, 0.15) is 0 Å². The van der Waals surface area contributed by atoms with Crippen molar-refractivity contribution in [1.82, 2.24) is 5.32 Å². The number of nitrogens with one attached hydrogen (secondary N) is 1. The fourth-order valence-corrected chi connectivity index (χ4v) is 2.88. The summed E-state index contributed by atoms with van der Waals surface area (Å²) >= 11 is 3.25. The maximum Gasteiger partial charge on any atom is 0.220 e. The molecule has 0 aliphatic heterocycles. The van der Waals surface area contributed by atoms with E-state index in [0.29, 0.717) is 6.42 Å². The van der Waals surface area contributed by atoms with E-state index in [-0.39, 0.29) is 23.8 Å². The lowest BCUT2D eigenvalue weighted by Crippen LogP contribution is -2.41. The second-order valence-electron chi connectivity index (χ2n) is 3.89. The Morgan fingerprint density at radius 2 is 2.41 bits per heavy atom. The van der Waals surface area contributed by atoms with Crippen molar-refractivity contribution in [2.75, 3.05) is 12.9 Å². The van der Waals surface area contributed by atoms with Crippen LogP contribution in [-0.4, -0.2) is 35.2 Å². The highest BCUT2D eigenvalue weighted by atomic mass is 32.2. The second kappa shape index (κ2) is 7.74. The molecule has 0 spiro atoms. The van der Waals surface area contributed by atoms with Gasteiger partial charge in [-0.2, -0.15) is 11.8 Å². The Hall–Kier alpha value is -0.520. The molecular formula is C12H19NO2S2. The summed E-state index contributed by atoms with van der Waals surface area (Å²) in [5, 5.41) is 14.1. The molecule has 0 aliphatic rings. The Morgan fingerprint density at radius 3 is 2.94 bits per heavy atom. The van der Waals surface area contributed by atoms with E-state index in [4.69, 9.17) is 5.11 Å². The van der Waals surface area contributed by atoms with Crippen LogP contribution in [0.15, 0.2) is 17.5 Å². The van der Waals surface area contributed by atoms with Crippen molar-refractivity contribution in [3.63, 3.8) is 0 Å². The fourth-order valence-electron chi connectivity index (χ4n) is 1.55.